The van der Waals surface area contributed by atoms with Crippen molar-refractivity contribution in [3.8, 4) is 0 Å². The molecule has 1 aliphatic rings. The average Bonchev–Trinajstić information content (AvgIpc) is 2.42. The monoisotopic (exact) mass is 280 g/mol. The fraction of sp³-hybridized carbons (Fsp3) is 0.562. The summed E-state index contributed by atoms with van der Waals surface area (Å²) in [4.78, 5) is 12.0. The molecular formula is C16H21FOS. The summed E-state index contributed by atoms with van der Waals surface area (Å²) in [5.41, 5.74) is 1.83. The molecule has 0 saturated heterocycles. The lowest BCUT2D eigenvalue weighted by atomic mass is 10.0. The first-order chi connectivity index (χ1) is 9.15. The van der Waals surface area contributed by atoms with Gasteiger partial charge in [-0.15, -0.1) is 0 Å². The van der Waals surface area contributed by atoms with Gasteiger partial charge in [0.05, 0.1) is 5.75 Å². The quantitative estimate of drug-likeness (QED) is 0.799. The van der Waals surface area contributed by atoms with E-state index in [-0.39, 0.29) is 11.6 Å². The average molecular weight is 280 g/mol. The van der Waals surface area contributed by atoms with Crippen molar-refractivity contribution in [2.75, 3.05) is 5.75 Å². The Hall–Kier alpha value is -0.830. The van der Waals surface area contributed by atoms with Gasteiger partial charge >= 0.3 is 0 Å². The third-order valence-corrected chi connectivity index (χ3v) is 5.16. The maximum atomic E-state index is 13.2. The lowest BCUT2D eigenvalue weighted by Gasteiger charge is -2.20. The minimum Gasteiger partial charge on any atom is -0.298 e. The highest BCUT2D eigenvalue weighted by molar-refractivity contribution is 8.00. The van der Waals surface area contributed by atoms with Crippen LogP contribution in [0.2, 0.25) is 0 Å². The van der Waals surface area contributed by atoms with E-state index < -0.39 is 0 Å². The summed E-state index contributed by atoms with van der Waals surface area (Å²) in [7, 11) is 0. The van der Waals surface area contributed by atoms with Gasteiger partial charge in [-0.25, -0.2) is 4.39 Å². The van der Waals surface area contributed by atoms with E-state index in [1.165, 1.54) is 44.2 Å². The van der Waals surface area contributed by atoms with Crippen LogP contribution >= 0.6 is 11.8 Å². The highest BCUT2D eigenvalue weighted by Gasteiger charge is 2.15. The molecule has 0 spiro atoms. The number of benzene rings is 1. The molecule has 0 N–H and O–H groups in total. The first kappa shape index (κ1) is 14.6. The third-order valence-electron chi connectivity index (χ3n) is 3.73. The van der Waals surface area contributed by atoms with Crippen LogP contribution in [-0.2, 0) is 11.2 Å². The summed E-state index contributed by atoms with van der Waals surface area (Å²) in [6.45, 7) is 1.93. The number of ketones is 1. The van der Waals surface area contributed by atoms with Gasteiger partial charge < -0.3 is 0 Å². The molecule has 0 unspecified atom stereocenters. The zero-order valence-corrected chi connectivity index (χ0v) is 12.3. The molecule has 1 saturated carbocycles. The maximum absolute atomic E-state index is 13.2. The molecule has 2 rings (SSSR count). The molecule has 1 aliphatic carbocycles. The highest BCUT2D eigenvalue weighted by atomic mass is 32.2. The van der Waals surface area contributed by atoms with Gasteiger partial charge in [-0.3, -0.25) is 4.79 Å². The van der Waals surface area contributed by atoms with Crippen LogP contribution in [0.5, 0.6) is 0 Å². The predicted octanol–water partition coefficient (Wildman–Crippen LogP) is 4.31. The van der Waals surface area contributed by atoms with Crippen LogP contribution in [0.25, 0.3) is 0 Å². The van der Waals surface area contributed by atoms with Crippen LogP contribution in [0.15, 0.2) is 18.2 Å². The summed E-state index contributed by atoms with van der Waals surface area (Å²) >= 11 is 1.79. The number of carbonyl (C=O) groups is 1. The Balaban J connectivity index is 1.81. The lowest BCUT2D eigenvalue weighted by Crippen LogP contribution is -2.13. The van der Waals surface area contributed by atoms with Crippen molar-refractivity contribution in [3.05, 3.63) is 35.1 Å². The first-order valence-corrected chi connectivity index (χ1v) is 8.08. The van der Waals surface area contributed by atoms with Gasteiger partial charge in [0, 0.05) is 11.7 Å². The van der Waals surface area contributed by atoms with Crippen LogP contribution in [0.4, 0.5) is 4.39 Å². The van der Waals surface area contributed by atoms with E-state index in [1.807, 2.05) is 6.92 Å². The molecule has 0 heterocycles. The zero-order valence-electron chi connectivity index (χ0n) is 11.5. The molecule has 0 aliphatic heterocycles. The molecule has 19 heavy (non-hydrogen) atoms. The number of thioether (sulfide) groups is 1. The molecule has 104 valence electrons. The smallest absolute Gasteiger partial charge is 0.147 e. The SMILES string of the molecule is Cc1ccc(F)cc1CC(=O)CSC1CCCCC1. The van der Waals surface area contributed by atoms with Gasteiger partial charge in [0.2, 0.25) is 0 Å². The molecule has 0 atom stereocenters. The van der Waals surface area contributed by atoms with Gasteiger partial charge in [-0.1, -0.05) is 25.3 Å². The number of Topliss-reactive ketones (excluding diaryl/α,β-unsaturated/α-hetero) is 1. The summed E-state index contributed by atoms with van der Waals surface area (Å²) in [6.07, 6.45) is 6.80. The lowest BCUT2D eigenvalue weighted by molar-refractivity contribution is -0.116. The second-order valence-electron chi connectivity index (χ2n) is 5.36. The topological polar surface area (TPSA) is 17.1 Å². The molecule has 1 nitrogen and oxygen atoms in total. The molecule has 0 amide bonds. The Morgan fingerprint density at radius 2 is 2.05 bits per heavy atom. The van der Waals surface area contributed by atoms with E-state index in [0.29, 0.717) is 17.4 Å². The van der Waals surface area contributed by atoms with Crippen LogP contribution in [-0.4, -0.2) is 16.8 Å². The number of hydrogen-bond acceptors (Lipinski definition) is 2. The minimum atomic E-state index is -0.256. The van der Waals surface area contributed by atoms with Gasteiger partial charge in [0.15, 0.2) is 0 Å². The number of carbonyl (C=O) groups excluding carboxylic acids is 1. The number of hydrogen-bond donors (Lipinski definition) is 0. The van der Waals surface area contributed by atoms with Gasteiger partial charge in [0.25, 0.3) is 0 Å². The number of aryl methyl sites for hydroxylation is 1. The molecule has 3 heteroatoms. The van der Waals surface area contributed by atoms with Crippen molar-refractivity contribution < 1.29 is 9.18 Å². The van der Waals surface area contributed by atoms with Crippen molar-refractivity contribution in [1.82, 2.24) is 0 Å². The Morgan fingerprint density at radius 3 is 2.79 bits per heavy atom. The van der Waals surface area contributed by atoms with Crippen molar-refractivity contribution in [2.24, 2.45) is 0 Å². The number of halogens is 1. The van der Waals surface area contributed by atoms with Crippen LogP contribution in [0.1, 0.15) is 43.2 Å². The van der Waals surface area contributed by atoms with E-state index in [9.17, 15) is 9.18 Å². The Bertz CT molecular complexity index is 438. The molecule has 0 aromatic heterocycles. The van der Waals surface area contributed by atoms with Crippen LogP contribution < -0.4 is 0 Å². The predicted molar refractivity (Wildman–Crippen MR) is 79.2 cm³/mol. The number of rotatable bonds is 5. The molecule has 0 bridgehead atoms. The maximum Gasteiger partial charge on any atom is 0.147 e. The van der Waals surface area contributed by atoms with Crippen LogP contribution in [0.3, 0.4) is 0 Å². The second kappa shape index (κ2) is 7.09. The van der Waals surface area contributed by atoms with Crippen molar-refractivity contribution in [2.45, 2.75) is 50.7 Å². The van der Waals surface area contributed by atoms with Crippen molar-refractivity contribution in [3.63, 3.8) is 0 Å². The first-order valence-electron chi connectivity index (χ1n) is 7.03. The normalized spacial score (nSPS) is 16.5. The Kier molecular flexibility index (Phi) is 5.44. The van der Waals surface area contributed by atoms with E-state index in [4.69, 9.17) is 0 Å². The Morgan fingerprint density at radius 1 is 1.32 bits per heavy atom. The fourth-order valence-corrected chi connectivity index (χ4v) is 3.73. The zero-order chi connectivity index (χ0) is 13.7. The molecule has 1 aromatic rings. The molecule has 1 aromatic carbocycles. The summed E-state index contributed by atoms with van der Waals surface area (Å²) < 4.78 is 13.2. The van der Waals surface area contributed by atoms with E-state index in [0.717, 1.165) is 11.1 Å². The van der Waals surface area contributed by atoms with Gasteiger partial charge in [-0.2, -0.15) is 11.8 Å². The van der Waals surface area contributed by atoms with Gasteiger partial charge in [0.1, 0.15) is 11.6 Å². The highest BCUT2D eigenvalue weighted by Crippen LogP contribution is 2.28. The van der Waals surface area contributed by atoms with Gasteiger partial charge in [-0.05, 0) is 43.0 Å². The van der Waals surface area contributed by atoms with Crippen molar-refractivity contribution in [1.29, 1.82) is 0 Å². The molecule has 0 radical (unpaired) electrons. The largest absolute Gasteiger partial charge is 0.298 e. The van der Waals surface area contributed by atoms with Crippen molar-refractivity contribution >= 4 is 17.5 Å². The summed E-state index contributed by atoms with van der Waals surface area (Å²) in [5, 5.41) is 0.659. The summed E-state index contributed by atoms with van der Waals surface area (Å²) in [5.74, 6) is 0.526. The van der Waals surface area contributed by atoms with E-state index in [1.54, 1.807) is 17.8 Å². The minimum absolute atomic E-state index is 0.212. The molecule has 1 fully saturated rings. The van der Waals surface area contributed by atoms with E-state index in [2.05, 4.69) is 0 Å². The third kappa shape index (κ3) is 4.64. The summed E-state index contributed by atoms with van der Waals surface area (Å²) in [6, 6.07) is 4.67. The van der Waals surface area contributed by atoms with Crippen LogP contribution in [0, 0.1) is 12.7 Å². The Labute approximate surface area is 119 Å². The fourth-order valence-electron chi connectivity index (χ4n) is 2.54. The second-order valence-corrected chi connectivity index (χ2v) is 6.65. The standard InChI is InChI=1S/C16H21FOS/c1-12-7-8-14(17)9-13(12)10-15(18)11-19-16-5-3-2-4-6-16/h7-9,16H,2-6,10-11H2,1H3. The van der Waals surface area contributed by atoms with E-state index >= 15 is 0 Å². The molecular weight excluding hydrogens is 259 g/mol.